The number of barbiturate groups is 1. The number of ether oxygens (including phenoxy) is 5. The minimum absolute atomic E-state index is 0.112. The van der Waals surface area contributed by atoms with Crippen LogP contribution in [-0.4, -0.2) is 53.4 Å². The maximum absolute atomic E-state index is 13.3. The van der Waals surface area contributed by atoms with Crippen LogP contribution in [0.3, 0.4) is 0 Å². The highest BCUT2D eigenvalue weighted by atomic mass is 16.5. The Balaban J connectivity index is 2.16. The van der Waals surface area contributed by atoms with Gasteiger partial charge in [0, 0.05) is 18.2 Å². The van der Waals surface area contributed by atoms with Crippen LogP contribution in [0.1, 0.15) is 5.56 Å². The highest BCUT2D eigenvalue weighted by molar-refractivity contribution is 6.39. The molecule has 0 spiro atoms. The Bertz CT molecular complexity index is 1080. The molecule has 10 nitrogen and oxygen atoms in total. The third-order valence-corrected chi connectivity index (χ3v) is 4.77. The Kier molecular flexibility index (Phi) is 6.53. The lowest BCUT2D eigenvalue weighted by Crippen LogP contribution is -2.54. The molecule has 168 valence electrons. The molecule has 1 aliphatic heterocycles. The van der Waals surface area contributed by atoms with Gasteiger partial charge in [0.1, 0.15) is 34.3 Å². The number of amides is 4. The summed E-state index contributed by atoms with van der Waals surface area (Å²) >= 11 is 0. The van der Waals surface area contributed by atoms with E-state index in [0.717, 1.165) is 4.90 Å². The van der Waals surface area contributed by atoms with E-state index in [4.69, 9.17) is 23.7 Å². The Morgan fingerprint density at radius 1 is 0.750 bits per heavy atom. The summed E-state index contributed by atoms with van der Waals surface area (Å²) in [5.41, 5.74) is 0.124. The van der Waals surface area contributed by atoms with Gasteiger partial charge < -0.3 is 23.7 Å². The average Bonchev–Trinajstić information content (AvgIpc) is 2.80. The van der Waals surface area contributed by atoms with Crippen molar-refractivity contribution in [3.63, 3.8) is 0 Å². The number of nitrogens with zero attached hydrogens (tertiary/aromatic N) is 1. The van der Waals surface area contributed by atoms with E-state index in [2.05, 4.69) is 5.32 Å². The minimum atomic E-state index is -0.919. The second kappa shape index (κ2) is 9.29. The lowest BCUT2D eigenvalue weighted by molar-refractivity contribution is -0.122. The third kappa shape index (κ3) is 4.02. The van der Waals surface area contributed by atoms with Crippen molar-refractivity contribution in [1.82, 2.24) is 5.32 Å². The molecule has 2 aromatic rings. The summed E-state index contributed by atoms with van der Waals surface area (Å²) in [6.07, 6.45) is 1.29. The summed E-state index contributed by atoms with van der Waals surface area (Å²) in [4.78, 5) is 39.3. The first-order valence-electron chi connectivity index (χ1n) is 9.32. The fraction of sp³-hybridized carbons (Fsp3) is 0.227. The Morgan fingerprint density at radius 2 is 1.34 bits per heavy atom. The van der Waals surface area contributed by atoms with Crippen LogP contribution in [0.5, 0.6) is 28.7 Å². The van der Waals surface area contributed by atoms with Gasteiger partial charge in [0.15, 0.2) is 0 Å². The fourth-order valence-corrected chi connectivity index (χ4v) is 3.17. The third-order valence-electron chi connectivity index (χ3n) is 4.77. The smallest absolute Gasteiger partial charge is 0.336 e. The van der Waals surface area contributed by atoms with Gasteiger partial charge >= 0.3 is 6.03 Å². The fourth-order valence-electron chi connectivity index (χ4n) is 3.17. The summed E-state index contributed by atoms with van der Waals surface area (Å²) in [6, 6.07) is 6.85. The second-order valence-corrected chi connectivity index (χ2v) is 6.44. The molecule has 10 heteroatoms. The minimum Gasteiger partial charge on any atom is -0.497 e. The van der Waals surface area contributed by atoms with Gasteiger partial charge in [0.2, 0.25) is 0 Å². The van der Waals surface area contributed by atoms with E-state index < -0.39 is 17.8 Å². The highest BCUT2D eigenvalue weighted by Gasteiger charge is 2.38. The number of anilines is 1. The molecule has 0 saturated carbocycles. The predicted molar refractivity (Wildman–Crippen MR) is 115 cm³/mol. The first kappa shape index (κ1) is 22.5. The molecule has 1 heterocycles. The van der Waals surface area contributed by atoms with Crippen molar-refractivity contribution in [3.8, 4) is 28.7 Å². The zero-order valence-electron chi connectivity index (χ0n) is 18.2. The van der Waals surface area contributed by atoms with Gasteiger partial charge in [-0.15, -0.1) is 0 Å². The monoisotopic (exact) mass is 442 g/mol. The van der Waals surface area contributed by atoms with Gasteiger partial charge in [-0.05, 0) is 18.2 Å². The quantitative estimate of drug-likeness (QED) is 0.514. The van der Waals surface area contributed by atoms with Crippen LogP contribution in [0.4, 0.5) is 10.5 Å². The van der Waals surface area contributed by atoms with Crippen LogP contribution < -0.4 is 33.9 Å². The predicted octanol–water partition coefficient (Wildman–Crippen LogP) is 2.40. The van der Waals surface area contributed by atoms with E-state index >= 15 is 0 Å². The van der Waals surface area contributed by atoms with Gasteiger partial charge in [-0.1, -0.05) is 0 Å². The number of carbonyl (C=O) groups excluding carboxylic acids is 3. The van der Waals surface area contributed by atoms with Crippen molar-refractivity contribution in [2.24, 2.45) is 0 Å². The van der Waals surface area contributed by atoms with Crippen LogP contribution in [0.2, 0.25) is 0 Å². The largest absolute Gasteiger partial charge is 0.497 e. The van der Waals surface area contributed by atoms with Crippen LogP contribution in [0.15, 0.2) is 35.9 Å². The molecule has 1 aliphatic rings. The molecule has 3 rings (SSSR count). The first-order chi connectivity index (χ1) is 15.4. The molecule has 4 amide bonds. The zero-order chi connectivity index (χ0) is 23.4. The van der Waals surface area contributed by atoms with E-state index in [0.29, 0.717) is 28.6 Å². The van der Waals surface area contributed by atoms with E-state index in [1.807, 2.05) is 0 Å². The van der Waals surface area contributed by atoms with Crippen LogP contribution in [0.25, 0.3) is 6.08 Å². The number of hydrogen-bond acceptors (Lipinski definition) is 8. The van der Waals surface area contributed by atoms with E-state index in [1.165, 1.54) is 47.7 Å². The van der Waals surface area contributed by atoms with Crippen LogP contribution >= 0.6 is 0 Å². The molecule has 0 bridgehead atoms. The van der Waals surface area contributed by atoms with Gasteiger partial charge in [-0.2, -0.15) is 0 Å². The van der Waals surface area contributed by atoms with Crippen molar-refractivity contribution in [3.05, 3.63) is 41.5 Å². The standard InChI is InChI=1S/C22H22N2O8/c1-28-12-6-7-17(30-3)16(8-12)24-21(26)15(20(25)23-22(24)27)11-14-18(31-4)9-13(29-2)10-19(14)32-5/h6-11H,1-5H3,(H,23,25,27)/b15-11-. The Labute approximate surface area is 184 Å². The topological polar surface area (TPSA) is 113 Å². The van der Waals surface area contributed by atoms with Gasteiger partial charge in [0.25, 0.3) is 11.8 Å². The molecule has 0 unspecified atom stereocenters. The normalized spacial score (nSPS) is 14.8. The molecular formula is C22H22N2O8. The van der Waals surface area contributed by atoms with E-state index in [1.54, 1.807) is 24.3 Å². The second-order valence-electron chi connectivity index (χ2n) is 6.44. The lowest BCUT2D eigenvalue weighted by atomic mass is 10.0. The molecule has 1 N–H and O–H groups in total. The maximum atomic E-state index is 13.3. The number of hydrogen-bond donors (Lipinski definition) is 1. The van der Waals surface area contributed by atoms with Crippen LogP contribution in [0, 0.1) is 0 Å². The number of rotatable bonds is 7. The molecule has 0 atom stereocenters. The Hall–Kier alpha value is -4.21. The Morgan fingerprint density at radius 3 is 1.88 bits per heavy atom. The molecule has 1 fully saturated rings. The van der Waals surface area contributed by atoms with Gasteiger partial charge in [0.05, 0.1) is 46.8 Å². The highest BCUT2D eigenvalue weighted by Crippen LogP contribution is 2.38. The van der Waals surface area contributed by atoms with Crippen molar-refractivity contribution < 1.29 is 38.1 Å². The van der Waals surface area contributed by atoms with Gasteiger partial charge in [-0.25, -0.2) is 9.69 Å². The number of urea groups is 1. The summed E-state index contributed by atoms with van der Waals surface area (Å²) in [5, 5.41) is 2.17. The summed E-state index contributed by atoms with van der Waals surface area (Å²) < 4.78 is 26.4. The zero-order valence-corrected chi connectivity index (χ0v) is 18.2. The maximum Gasteiger partial charge on any atom is 0.336 e. The SMILES string of the molecule is COc1cc(OC)c(/C=C2/C(=O)NC(=O)N(c3cc(OC)ccc3OC)C2=O)c(OC)c1. The van der Waals surface area contributed by atoms with Crippen molar-refractivity contribution >= 4 is 29.6 Å². The van der Waals surface area contributed by atoms with E-state index in [-0.39, 0.29) is 17.0 Å². The summed E-state index contributed by atoms with van der Waals surface area (Å²) in [7, 11) is 7.18. The van der Waals surface area contributed by atoms with Crippen molar-refractivity contribution in [1.29, 1.82) is 0 Å². The molecule has 0 aliphatic carbocycles. The van der Waals surface area contributed by atoms with Crippen molar-refractivity contribution in [2.45, 2.75) is 0 Å². The first-order valence-corrected chi connectivity index (χ1v) is 9.32. The number of nitrogens with one attached hydrogen (secondary N) is 1. The van der Waals surface area contributed by atoms with Crippen LogP contribution in [-0.2, 0) is 9.59 Å². The number of imide groups is 2. The molecule has 2 aromatic carbocycles. The lowest BCUT2D eigenvalue weighted by Gasteiger charge is -2.28. The van der Waals surface area contributed by atoms with Crippen molar-refractivity contribution in [2.75, 3.05) is 40.4 Å². The summed E-state index contributed by atoms with van der Waals surface area (Å²) in [6.45, 7) is 0. The average molecular weight is 442 g/mol. The number of methoxy groups -OCH3 is 5. The van der Waals surface area contributed by atoms with E-state index in [9.17, 15) is 14.4 Å². The summed E-state index contributed by atoms with van der Waals surface area (Å²) in [5.74, 6) is -0.0280. The number of benzene rings is 2. The van der Waals surface area contributed by atoms with Gasteiger partial charge in [-0.3, -0.25) is 14.9 Å². The molecule has 1 saturated heterocycles. The molecule has 0 radical (unpaired) electrons. The number of carbonyl (C=O) groups is 3. The molecular weight excluding hydrogens is 420 g/mol. The molecule has 32 heavy (non-hydrogen) atoms. The molecule has 0 aromatic heterocycles.